The average molecular weight is 239 g/mol. The minimum absolute atomic E-state index is 0.270. The second kappa shape index (κ2) is 4.25. The lowest BCUT2D eigenvalue weighted by molar-refractivity contribution is 0.896. The second-order valence-electron chi connectivity index (χ2n) is 3.65. The summed E-state index contributed by atoms with van der Waals surface area (Å²) in [7, 11) is 0. The largest absolute Gasteiger partial charge is 0.311 e. The third kappa shape index (κ3) is 1.80. The van der Waals surface area contributed by atoms with E-state index in [9.17, 15) is 4.79 Å². The van der Waals surface area contributed by atoms with E-state index in [-0.39, 0.29) is 11.1 Å². The Kier molecular flexibility index (Phi) is 2.45. The normalized spacial score (nSPS) is 11.3. The number of aromatic amines is 1. The molecule has 0 aliphatic carbocycles. The minimum Gasteiger partial charge on any atom is -0.311 e. The first-order chi connectivity index (χ1) is 8.84. The molecule has 6 nitrogen and oxygen atoms in total. The highest BCUT2D eigenvalue weighted by molar-refractivity contribution is 5.80. The number of aromatic nitrogens is 4. The Morgan fingerprint density at radius 2 is 2.06 bits per heavy atom. The van der Waals surface area contributed by atoms with E-state index in [2.05, 4.69) is 20.1 Å². The van der Waals surface area contributed by atoms with Crippen molar-refractivity contribution in [3.8, 4) is 0 Å². The Morgan fingerprint density at radius 1 is 1.22 bits per heavy atom. The van der Waals surface area contributed by atoms with Gasteiger partial charge in [-0.15, -0.1) is 0 Å². The second-order valence-corrected chi connectivity index (χ2v) is 3.65. The first-order valence-electron chi connectivity index (χ1n) is 5.35. The maximum atomic E-state index is 11.4. The molecule has 3 rings (SSSR count). The molecule has 0 aliphatic heterocycles. The number of hydrogen-bond donors (Lipinski definition) is 1. The van der Waals surface area contributed by atoms with Gasteiger partial charge in [0.15, 0.2) is 11.2 Å². The van der Waals surface area contributed by atoms with E-state index in [1.54, 1.807) is 6.21 Å². The number of fused-ring (bicyclic) bond motifs is 1. The fourth-order valence-electron chi connectivity index (χ4n) is 1.59. The van der Waals surface area contributed by atoms with Crippen LogP contribution in [0.2, 0.25) is 0 Å². The molecular formula is C12H9N5O. The summed E-state index contributed by atoms with van der Waals surface area (Å²) in [5.74, 6) is 0. The monoisotopic (exact) mass is 239 g/mol. The summed E-state index contributed by atoms with van der Waals surface area (Å²) in [6, 6.07) is 9.66. The van der Waals surface area contributed by atoms with Crippen molar-refractivity contribution in [2.45, 2.75) is 0 Å². The summed E-state index contributed by atoms with van der Waals surface area (Å²) in [4.78, 5) is 21.9. The Labute approximate surface area is 102 Å². The third-order valence-corrected chi connectivity index (χ3v) is 2.45. The van der Waals surface area contributed by atoms with Gasteiger partial charge in [0.05, 0.1) is 12.5 Å². The van der Waals surface area contributed by atoms with Crippen LogP contribution in [0.15, 0.2) is 52.9 Å². The van der Waals surface area contributed by atoms with Gasteiger partial charge >= 0.3 is 0 Å². The fraction of sp³-hybridized carbons (Fsp3) is 0. The third-order valence-electron chi connectivity index (χ3n) is 2.45. The molecule has 1 N–H and O–H groups in total. The van der Waals surface area contributed by atoms with Crippen molar-refractivity contribution >= 4 is 17.4 Å². The summed E-state index contributed by atoms with van der Waals surface area (Å²) < 4.78 is 1.47. The smallest absolute Gasteiger partial charge is 0.278 e. The predicted molar refractivity (Wildman–Crippen MR) is 67.6 cm³/mol. The molecule has 0 radical (unpaired) electrons. The summed E-state index contributed by atoms with van der Waals surface area (Å²) in [5.41, 5.74) is 1.41. The van der Waals surface area contributed by atoms with E-state index in [4.69, 9.17) is 0 Å². The van der Waals surface area contributed by atoms with Crippen LogP contribution in [0.25, 0.3) is 11.2 Å². The summed E-state index contributed by atoms with van der Waals surface area (Å²) in [5, 5.41) is 4.22. The van der Waals surface area contributed by atoms with Crippen LogP contribution in [-0.2, 0) is 0 Å². The number of rotatable bonds is 2. The number of nitrogens with one attached hydrogen (secondary N) is 1. The van der Waals surface area contributed by atoms with E-state index >= 15 is 0 Å². The van der Waals surface area contributed by atoms with Gasteiger partial charge in [0.1, 0.15) is 6.33 Å². The predicted octanol–water partition coefficient (Wildman–Crippen LogP) is 1.00. The van der Waals surface area contributed by atoms with Crippen molar-refractivity contribution in [2.75, 3.05) is 0 Å². The van der Waals surface area contributed by atoms with Crippen molar-refractivity contribution in [3.05, 3.63) is 58.9 Å². The Morgan fingerprint density at radius 3 is 2.89 bits per heavy atom. The highest BCUT2D eigenvalue weighted by Gasteiger charge is 2.05. The Bertz CT molecular complexity index is 757. The zero-order valence-electron chi connectivity index (χ0n) is 9.32. The molecule has 0 fully saturated rings. The molecule has 1 aromatic carbocycles. The lowest BCUT2D eigenvalue weighted by Crippen LogP contribution is -2.06. The van der Waals surface area contributed by atoms with Crippen molar-refractivity contribution in [2.24, 2.45) is 5.10 Å². The molecule has 0 unspecified atom stereocenters. The quantitative estimate of drug-likeness (QED) is 0.678. The van der Waals surface area contributed by atoms with Crippen molar-refractivity contribution < 1.29 is 0 Å². The van der Waals surface area contributed by atoms with E-state index in [1.807, 2.05) is 30.3 Å². The topological polar surface area (TPSA) is 75.9 Å². The summed E-state index contributed by atoms with van der Waals surface area (Å²) in [6.07, 6.45) is 4.48. The molecule has 88 valence electrons. The molecule has 2 heterocycles. The van der Waals surface area contributed by atoms with Gasteiger partial charge in [-0.3, -0.25) is 4.79 Å². The van der Waals surface area contributed by atoms with Gasteiger partial charge in [0.2, 0.25) is 0 Å². The molecule has 3 aromatic rings. The van der Waals surface area contributed by atoms with Gasteiger partial charge in [-0.25, -0.2) is 14.6 Å². The van der Waals surface area contributed by atoms with Gasteiger partial charge in [-0.05, 0) is 5.56 Å². The van der Waals surface area contributed by atoms with Gasteiger partial charge in [-0.2, -0.15) is 5.10 Å². The number of H-pyrrole nitrogens is 1. The lowest BCUT2D eigenvalue weighted by atomic mass is 10.2. The zero-order chi connectivity index (χ0) is 12.4. The zero-order valence-corrected chi connectivity index (χ0v) is 9.32. The number of nitrogens with zero attached hydrogens (tertiary/aromatic N) is 4. The lowest BCUT2D eigenvalue weighted by Gasteiger charge is -1.94. The minimum atomic E-state index is -0.270. The van der Waals surface area contributed by atoms with Crippen LogP contribution in [0.5, 0.6) is 0 Å². The van der Waals surface area contributed by atoms with Crippen molar-refractivity contribution in [1.29, 1.82) is 0 Å². The van der Waals surface area contributed by atoms with E-state index in [1.165, 1.54) is 17.3 Å². The summed E-state index contributed by atoms with van der Waals surface area (Å²) in [6.45, 7) is 0. The van der Waals surface area contributed by atoms with Crippen LogP contribution < -0.4 is 5.56 Å². The molecular weight excluding hydrogens is 230 g/mol. The molecule has 0 atom stereocenters. The van der Waals surface area contributed by atoms with Crippen LogP contribution >= 0.6 is 0 Å². The molecule has 6 heteroatoms. The summed E-state index contributed by atoms with van der Waals surface area (Å²) >= 11 is 0. The molecule has 0 aliphatic rings. The van der Waals surface area contributed by atoms with Crippen molar-refractivity contribution in [3.63, 3.8) is 0 Å². The molecule has 0 amide bonds. The van der Waals surface area contributed by atoms with Crippen LogP contribution in [0.3, 0.4) is 0 Å². The highest BCUT2D eigenvalue weighted by Crippen LogP contribution is 2.03. The fourth-order valence-corrected chi connectivity index (χ4v) is 1.59. The van der Waals surface area contributed by atoms with Crippen LogP contribution in [-0.4, -0.2) is 25.8 Å². The standard InChI is InChI=1S/C12H9N5O/c18-12-10-11(13-7-14-12)17(8-15-10)16-6-9-4-2-1-3-5-9/h1-8H,(H,13,14,18). The van der Waals surface area contributed by atoms with E-state index < -0.39 is 0 Å². The van der Waals surface area contributed by atoms with Gasteiger partial charge in [-0.1, -0.05) is 30.3 Å². The molecule has 0 bridgehead atoms. The SMILES string of the molecule is O=c1[nH]cnc2c1ncn2N=Cc1ccccc1. The molecule has 2 aromatic heterocycles. The molecule has 0 saturated carbocycles. The maximum absolute atomic E-state index is 11.4. The maximum Gasteiger partial charge on any atom is 0.278 e. The number of imidazole rings is 1. The first-order valence-corrected chi connectivity index (χ1v) is 5.35. The Hall–Kier alpha value is -2.76. The van der Waals surface area contributed by atoms with E-state index in [0.29, 0.717) is 5.65 Å². The average Bonchev–Trinajstić information content (AvgIpc) is 2.82. The molecule has 18 heavy (non-hydrogen) atoms. The van der Waals surface area contributed by atoms with Crippen LogP contribution in [0.4, 0.5) is 0 Å². The van der Waals surface area contributed by atoms with Crippen LogP contribution in [0.1, 0.15) is 5.56 Å². The number of hydrogen-bond acceptors (Lipinski definition) is 4. The molecule has 0 saturated heterocycles. The highest BCUT2D eigenvalue weighted by atomic mass is 16.1. The first kappa shape index (κ1) is 10.4. The van der Waals surface area contributed by atoms with Gasteiger partial charge in [0.25, 0.3) is 5.56 Å². The Balaban J connectivity index is 2.04. The van der Waals surface area contributed by atoms with E-state index in [0.717, 1.165) is 5.56 Å². The van der Waals surface area contributed by atoms with Gasteiger partial charge in [0, 0.05) is 0 Å². The van der Waals surface area contributed by atoms with Crippen LogP contribution in [0, 0.1) is 0 Å². The number of benzene rings is 1. The van der Waals surface area contributed by atoms with Gasteiger partial charge < -0.3 is 4.98 Å². The molecule has 0 spiro atoms. The van der Waals surface area contributed by atoms with Crippen molar-refractivity contribution in [1.82, 2.24) is 19.6 Å².